The second-order valence-electron chi connectivity index (χ2n) is 31.6. The van der Waals surface area contributed by atoms with E-state index in [4.69, 9.17) is 0 Å². The molecule has 0 aliphatic heterocycles. The van der Waals surface area contributed by atoms with Crippen LogP contribution >= 0.6 is 0 Å². The fraction of sp³-hybridized carbons (Fsp3) is 0.275. The lowest BCUT2D eigenvalue weighted by Gasteiger charge is -2.08. The first kappa shape index (κ1) is 83.6. The van der Waals surface area contributed by atoms with E-state index in [9.17, 15) is 0 Å². The number of hydrogen-bond acceptors (Lipinski definition) is 8. The fourth-order valence-corrected chi connectivity index (χ4v) is 12.9. The molecular formula is C102H115N11. The number of rotatable bonds is 9. The zero-order chi connectivity index (χ0) is 80.5. The van der Waals surface area contributed by atoms with Crippen LogP contribution in [0.5, 0.6) is 0 Å². The lowest BCUT2D eigenvalue weighted by atomic mass is 9.99. The van der Waals surface area contributed by atoms with E-state index in [2.05, 4.69) is 350 Å². The predicted molar refractivity (Wildman–Crippen MR) is 480 cm³/mol. The van der Waals surface area contributed by atoms with Gasteiger partial charge in [-0.1, -0.05) is 276 Å². The molecule has 0 spiro atoms. The minimum Gasteiger partial charge on any atom is -0.324 e. The van der Waals surface area contributed by atoms with Crippen molar-refractivity contribution in [2.75, 3.05) is 0 Å². The van der Waals surface area contributed by atoms with Gasteiger partial charge >= 0.3 is 0 Å². The van der Waals surface area contributed by atoms with Gasteiger partial charge in [0.15, 0.2) is 0 Å². The minimum absolute atomic E-state index is 0.465. The topological polar surface area (TPSA) is 116 Å². The molecule has 0 N–H and O–H groups in total. The molecule has 6 aromatic carbocycles. The molecule has 0 bridgehead atoms. The summed E-state index contributed by atoms with van der Waals surface area (Å²) in [4.78, 5) is 34.9. The third-order valence-electron chi connectivity index (χ3n) is 19.9. The summed E-state index contributed by atoms with van der Waals surface area (Å²) in [6, 6.07) is 77.3. The van der Waals surface area contributed by atoms with E-state index in [1.807, 2.05) is 127 Å². The third-order valence-corrected chi connectivity index (χ3v) is 19.9. The first-order valence-corrected chi connectivity index (χ1v) is 40.3. The van der Waals surface area contributed by atoms with Gasteiger partial charge in [0.25, 0.3) is 0 Å². The number of benzene rings is 6. The highest BCUT2D eigenvalue weighted by Gasteiger charge is 2.15. The standard InChI is InChI=1S/5C12H13N.C12H14.C11H13N.C10H12N2.C9H11N3/c1-9(2)11-7-3-5-10-6-4-8-13-12(10)11;1-9(2)10-5-6-12-11(8-10)4-3-7-13-12;1-9(2)11-7-10-5-3-4-6-12(10)13-8-11;1-9(2)12-8-13-7-10-5-3-4-6-11(10)12;1-9(2)11-8-7-10-5-3-4-6-12(10)13-11;1-9(2)12-7-10-5-3-4-6-11(10)8-12;1-9(2)10-7-11-5-3-4-6-12(11)8-10;1-8(2)9-7-12-6-4-3-5-10(12)11-9;1-7(2)8-6-12-5-3-4-10-9(12)11-8/h5*3-9H,1-2H3;3-7,9H,8H2,1-2H3;3-9H,1-2H3;3-8H,1-2H3;3-7H,1-2H3. The average molecular weight is 1500 g/mol. The van der Waals surface area contributed by atoms with Crippen LogP contribution in [0.1, 0.15) is 228 Å². The quantitative estimate of drug-likeness (QED) is 0.140. The van der Waals surface area contributed by atoms with Crippen molar-refractivity contribution < 1.29 is 0 Å². The van der Waals surface area contributed by atoms with Crippen LogP contribution in [0.2, 0.25) is 0 Å². The monoisotopic (exact) mass is 1490 g/mol. The molecule has 0 unspecified atom stereocenters. The van der Waals surface area contributed by atoms with Crippen molar-refractivity contribution in [2.45, 2.75) is 178 Å². The van der Waals surface area contributed by atoms with E-state index < -0.39 is 0 Å². The van der Waals surface area contributed by atoms with Crippen LogP contribution < -0.4 is 0 Å². The summed E-state index contributed by atoms with van der Waals surface area (Å²) in [7, 11) is 0. The molecule has 0 saturated heterocycles. The number of allylic oxidation sites excluding steroid dienone is 1. The molecule has 0 atom stereocenters. The molecule has 0 amide bonds. The van der Waals surface area contributed by atoms with E-state index in [0.29, 0.717) is 53.3 Å². The molecule has 0 saturated carbocycles. The van der Waals surface area contributed by atoms with Gasteiger partial charge in [-0.3, -0.25) is 29.3 Å². The molecular weight excluding hydrogens is 1380 g/mol. The molecule has 11 heteroatoms. The second kappa shape index (κ2) is 40.9. The smallest absolute Gasteiger partial charge is 0.233 e. The Kier molecular flexibility index (Phi) is 30.3. The van der Waals surface area contributed by atoms with E-state index in [0.717, 1.165) is 51.3 Å². The van der Waals surface area contributed by atoms with Crippen LogP contribution in [0.25, 0.3) is 77.4 Å². The van der Waals surface area contributed by atoms with Gasteiger partial charge in [0.05, 0.1) is 33.5 Å². The van der Waals surface area contributed by atoms with Crippen molar-refractivity contribution in [1.29, 1.82) is 0 Å². The Balaban J connectivity index is 0.000000135. The summed E-state index contributed by atoms with van der Waals surface area (Å²) >= 11 is 0. The molecule has 113 heavy (non-hydrogen) atoms. The number of fused-ring (bicyclic) bond motifs is 9. The van der Waals surface area contributed by atoms with Gasteiger partial charge in [-0.25, -0.2) is 15.0 Å². The van der Waals surface area contributed by atoms with Crippen LogP contribution in [-0.4, -0.2) is 53.1 Å². The molecule has 578 valence electrons. The molecule has 11 aromatic heterocycles. The van der Waals surface area contributed by atoms with Gasteiger partial charge in [-0.15, -0.1) is 0 Å². The Morgan fingerprint density at radius 1 is 0.310 bits per heavy atom. The Morgan fingerprint density at radius 3 is 1.55 bits per heavy atom. The van der Waals surface area contributed by atoms with E-state index in [1.165, 1.54) is 82.5 Å². The van der Waals surface area contributed by atoms with Crippen LogP contribution in [0.3, 0.4) is 0 Å². The lowest BCUT2D eigenvalue weighted by molar-refractivity contribution is 0.754. The first-order chi connectivity index (χ1) is 54.5. The van der Waals surface area contributed by atoms with Crippen molar-refractivity contribution in [3.8, 4) is 0 Å². The molecule has 0 radical (unpaired) electrons. The van der Waals surface area contributed by atoms with Gasteiger partial charge in [-0.05, 0) is 189 Å². The number of imidazole rings is 2. The normalized spacial score (nSPS) is 11.5. The van der Waals surface area contributed by atoms with Crippen molar-refractivity contribution in [2.24, 2.45) is 5.92 Å². The van der Waals surface area contributed by atoms with Gasteiger partial charge in [0, 0.05) is 113 Å². The van der Waals surface area contributed by atoms with Crippen LogP contribution in [0.4, 0.5) is 0 Å². The van der Waals surface area contributed by atoms with Gasteiger partial charge in [0.1, 0.15) is 5.65 Å². The van der Waals surface area contributed by atoms with Crippen molar-refractivity contribution in [3.63, 3.8) is 0 Å². The first-order valence-electron chi connectivity index (χ1n) is 40.3. The molecule has 0 fully saturated rings. The Morgan fingerprint density at radius 2 is 0.876 bits per heavy atom. The maximum atomic E-state index is 4.57. The van der Waals surface area contributed by atoms with Gasteiger partial charge in [0.2, 0.25) is 5.78 Å². The molecule has 1 aliphatic rings. The van der Waals surface area contributed by atoms with Crippen LogP contribution in [-0.2, 0) is 6.42 Å². The summed E-state index contributed by atoms with van der Waals surface area (Å²) in [6.45, 7) is 39.4. The predicted octanol–water partition coefficient (Wildman–Crippen LogP) is 27.4. The molecule has 18 rings (SSSR count). The van der Waals surface area contributed by atoms with Crippen molar-refractivity contribution >= 4 is 77.4 Å². The highest BCUT2D eigenvalue weighted by Crippen LogP contribution is 2.30. The lowest BCUT2D eigenvalue weighted by Crippen LogP contribution is -1.92. The summed E-state index contributed by atoms with van der Waals surface area (Å²) in [5.74, 6) is 5.78. The highest BCUT2D eigenvalue weighted by molar-refractivity contribution is 5.85. The number of nitrogens with zero attached hydrogens (tertiary/aromatic N) is 11. The molecule has 11 nitrogen and oxygen atoms in total. The largest absolute Gasteiger partial charge is 0.324 e. The van der Waals surface area contributed by atoms with Crippen molar-refractivity contribution in [1.82, 2.24) is 53.1 Å². The SMILES string of the molecule is CC(C)C1=Cc2ccccc2C1.CC(C)c1cc2ccccn2c1.CC(C)c1ccc2ccccc2n1.CC(C)c1ccc2ncccc2c1.CC(C)c1cccc2cccnc12.CC(C)c1cn2ccccc2n1.CC(C)c1cn2cccnc2n1.CC(C)c1cnc2ccccc2c1.CC(C)c1cncc2ccccc12. The summed E-state index contributed by atoms with van der Waals surface area (Å²) in [5.41, 5.74) is 21.3. The van der Waals surface area contributed by atoms with Crippen LogP contribution in [0.15, 0.2) is 304 Å². The second-order valence-corrected chi connectivity index (χ2v) is 31.6. The zero-order valence-corrected chi connectivity index (χ0v) is 69.7. The zero-order valence-electron chi connectivity index (χ0n) is 69.7. The van der Waals surface area contributed by atoms with Gasteiger partial charge < -0.3 is 8.80 Å². The number of pyridine rings is 7. The number of hydrogen-bond donors (Lipinski definition) is 0. The third kappa shape index (κ3) is 23.6. The molecule has 11 heterocycles. The van der Waals surface area contributed by atoms with Gasteiger partial charge in [-0.2, -0.15) is 0 Å². The number of para-hydroxylation sites is 3. The van der Waals surface area contributed by atoms with E-state index >= 15 is 0 Å². The van der Waals surface area contributed by atoms with E-state index in [1.54, 1.807) is 11.8 Å². The maximum Gasteiger partial charge on any atom is 0.233 e. The van der Waals surface area contributed by atoms with E-state index in [-0.39, 0.29) is 0 Å². The summed E-state index contributed by atoms with van der Waals surface area (Å²) < 4.78 is 6.15. The number of aromatic nitrogens is 11. The minimum atomic E-state index is 0.465. The molecule has 1 aliphatic carbocycles. The molecule has 17 aromatic rings. The summed E-state index contributed by atoms with van der Waals surface area (Å²) in [5, 5.41) is 7.46. The van der Waals surface area contributed by atoms with Crippen molar-refractivity contribution in [3.05, 3.63) is 360 Å². The fourth-order valence-electron chi connectivity index (χ4n) is 12.9. The summed E-state index contributed by atoms with van der Waals surface area (Å²) in [6.07, 6.45) is 27.1. The average Bonchev–Trinajstić information content (AvgIpc) is 1.11. The Labute approximate surface area is 671 Å². The Hall–Kier alpha value is -11.8. The maximum absolute atomic E-state index is 4.57. The highest BCUT2D eigenvalue weighted by atomic mass is 15.1. The Bertz CT molecular complexity index is 5260. The van der Waals surface area contributed by atoms with Crippen LogP contribution in [0, 0.1) is 5.92 Å².